The van der Waals surface area contributed by atoms with Gasteiger partial charge in [0.25, 0.3) is 0 Å². The van der Waals surface area contributed by atoms with Gasteiger partial charge in [0.1, 0.15) is 11.5 Å². The van der Waals surface area contributed by atoms with Crippen molar-refractivity contribution in [2.75, 3.05) is 0 Å². The molecule has 1 heterocycles. The van der Waals surface area contributed by atoms with Crippen LogP contribution in [0.5, 0.6) is 0 Å². The number of imidazole rings is 1. The lowest BCUT2D eigenvalue weighted by molar-refractivity contribution is 0.111. The van der Waals surface area contributed by atoms with Gasteiger partial charge in [-0.25, -0.2) is 4.98 Å². The first-order chi connectivity index (χ1) is 5.77. The molecule has 1 rings (SSSR count). The summed E-state index contributed by atoms with van der Waals surface area (Å²) in [6, 6.07) is 0. The van der Waals surface area contributed by atoms with E-state index in [1.165, 1.54) is 0 Å². The number of unbranched alkanes of at least 4 members (excludes halogenated alkanes) is 1. The monoisotopic (exact) mass is 166 g/mol. The number of H-pyrrole nitrogens is 1. The molecule has 12 heavy (non-hydrogen) atoms. The first kappa shape index (κ1) is 8.97. The lowest BCUT2D eigenvalue weighted by atomic mass is 10.2. The largest absolute Gasteiger partial charge is 0.340 e. The van der Waals surface area contributed by atoms with E-state index in [0.717, 1.165) is 37.1 Å². The molecule has 1 aromatic heterocycles. The number of aryl methyl sites for hydroxylation is 2. The van der Waals surface area contributed by atoms with Gasteiger partial charge in [0.05, 0.1) is 5.69 Å². The first-order valence-corrected chi connectivity index (χ1v) is 4.28. The fourth-order valence-electron chi connectivity index (χ4n) is 1.11. The molecule has 0 amide bonds. The molecule has 1 aromatic rings. The van der Waals surface area contributed by atoms with Crippen LogP contribution in [0.1, 0.15) is 41.8 Å². The number of carbonyl (C=O) groups excluding carboxylic acids is 1. The minimum atomic E-state index is 0.612. The Morgan fingerprint density at radius 2 is 2.33 bits per heavy atom. The minimum absolute atomic E-state index is 0.612. The summed E-state index contributed by atoms with van der Waals surface area (Å²) in [4.78, 5) is 17.7. The molecule has 0 saturated heterocycles. The average molecular weight is 166 g/mol. The highest BCUT2D eigenvalue weighted by atomic mass is 16.1. The SMILES string of the molecule is CCCCc1nc(C)c(C=O)[nH]1. The van der Waals surface area contributed by atoms with Gasteiger partial charge in [0.2, 0.25) is 0 Å². The Balaban J connectivity index is 2.68. The number of nitrogens with one attached hydrogen (secondary N) is 1. The molecule has 0 aliphatic carbocycles. The predicted octanol–water partition coefficient (Wildman–Crippen LogP) is 1.87. The van der Waals surface area contributed by atoms with Crippen LogP contribution in [0.4, 0.5) is 0 Å². The quantitative estimate of drug-likeness (QED) is 0.694. The molecule has 0 spiro atoms. The minimum Gasteiger partial charge on any atom is -0.340 e. The van der Waals surface area contributed by atoms with Gasteiger partial charge in [-0.2, -0.15) is 0 Å². The maximum absolute atomic E-state index is 10.4. The average Bonchev–Trinajstić information content (AvgIpc) is 2.43. The molecule has 1 N–H and O–H groups in total. The fourth-order valence-corrected chi connectivity index (χ4v) is 1.11. The maximum atomic E-state index is 10.4. The van der Waals surface area contributed by atoms with Crippen LogP contribution in [0.2, 0.25) is 0 Å². The normalized spacial score (nSPS) is 10.2. The van der Waals surface area contributed by atoms with Gasteiger partial charge < -0.3 is 4.98 Å². The molecule has 0 aliphatic rings. The third kappa shape index (κ3) is 1.94. The fraction of sp³-hybridized carbons (Fsp3) is 0.556. The molecule has 0 atom stereocenters. The highest BCUT2D eigenvalue weighted by molar-refractivity contribution is 5.73. The summed E-state index contributed by atoms with van der Waals surface area (Å²) in [5.41, 5.74) is 1.41. The second kappa shape index (κ2) is 4.04. The van der Waals surface area contributed by atoms with Crippen LogP contribution in [0.25, 0.3) is 0 Å². The van der Waals surface area contributed by atoms with Gasteiger partial charge in [-0.05, 0) is 13.3 Å². The Kier molecular flexibility index (Phi) is 3.02. The third-order valence-corrected chi connectivity index (χ3v) is 1.86. The van der Waals surface area contributed by atoms with Gasteiger partial charge in [-0.1, -0.05) is 13.3 Å². The van der Waals surface area contributed by atoms with Gasteiger partial charge in [0.15, 0.2) is 6.29 Å². The molecule has 0 aromatic carbocycles. The summed E-state index contributed by atoms with van der Waals surface area (Å²) >= 11 is 0. The van der Waals surface area contributed by atoms with Crippen LogP contribution >= 0.6 is 0 Å². The van der Waals surface area contributed by atoms with Crippen LogP contribution in [0.15, 0.2) is 0 Å². The first-order valence-electron chi connectivity index (χ1n) is 4.28. The number of hydrogen-bond donors (Lipinski definition) is 1. The van der Waals surface area contributed by atoms with Crippen LogP contribution in [0, 0.1) is 6.92 Å². The summed E-state index contributed by atoms with van der Waals surface area (Å²) in [6.07, 6.45) is 4.02. The van der Waals surface area contributed by atoms with Gasteiger partial charge >= 0.3 is 0 Å². The molecule has 0 bridgehead atoms. The van der Waals surface area contributed by atoms with Crippen LogP contribution in [0.3, 0.4) is 0 Å². The molecule has 0 fully saturated rings. The predicted molar refractivity (Wildman–Crippen MR) is 47.3 cm³/mol. The van der Waals surface area contributed by atoms with Gasteiger partial charge in [-0.3, -0.25) is 4.79 Å². The Morgan fingerprint density at radius 3 is 2.83 bits per heavy atom. The van der Waals surface area contributed by atoms with Crippen molar-refractivity contribution < 1.29 is 4.79 Å². The van der Waals surface area contributed by atoms with Crippen LogP contribution in [-0.4, -0.2) is 16.3 Å². The summed E-state index contributed by atoms with van der Waals surface area (Å²) < 4.78 is 0. The Labute approximate surface area is 72.2 Å². The number of rotatable bonds is 4. The Morgan fingerprint density at radius 1 is 1.58 bits per heavy atom. The van der Waals surface area contributed by atoms with E-state index in [2.05, 4.69) is 16.9 Å². The summed E-state index contributed by atoms with van der Waals surface area (Å²) in [7, 11) is 0. The topological polar surface area (TPSA) is 45.8 Å². The highest BCUT2D eigenvalue weighted by Crippen LogP contribution is 2.05. The zero-order valence-corrected chi connectivity index (χ0v) is 7.55. The van der Waals surface area contributed by atoms with Gasteiger partial charge in [0, 0.05) is 6.42 Å². The lowest BCUT2D eigenvalue weighted by Gasteiger charge is -1.91. The standard InChI is InChI=1S/C9H14N2O/c1-3-4-5-9-10-7(2)8(6-12)11-9/h6H,3-5H2,1-2H3,(H,10,11). The molecule has 0 unspecified atom stereocenters. The zero-order chi connectivity index (χ0) is 8.97. The van der Waals surface area contributed by atoms with E-state index in [0.29, 0.717) is 5.69 Å². The molecule has 0 radical (unpaired) electrons. The Hall–Kier alpha value is -1.12. The van der Waals surface area contributed by atoms with Crippen molar-refractivity contribution in [2.45, 2.75) is 33.1 Å². The van der Waals surface area contributed by atoms with Crippen molar-refractivity contribution in [3.05, 3.63) is 17.2 Å². The van der Waals surface area contributed by atoms with E-state index in [1.54, 1.807) is 0 Å². The van der Waals surface area contributed by atoms with Gasteiger partial charge in [-0.15, -0.1) is 0 Å². The van der Waals surface area contributed by atoms with E-state index in [1.807, 2.05) is 6.92 Å². The summed E-state index contributed by atoms with van der Waals surface area (Å²) in [5.74, 6) is 0.927. The molecule has 0 saturated carbocycles. The van der Waals surface area contributed by atoms with E-state index >= 15 is 0 Å². The Bertz CT molecular complexity index is 265. The molecular formula is C9H14N2O. The maximum Gasteiger partial charge on any atom is 0.168 e. The number of aromatic amines is 1. The van der Waals surface area contributed by atoms with E-state index in [4.69, 9.17) is 0 Å². The molecule has 3 heteroatoms. The van der Waals surface area contributed by atoms with Crippen molar-refractivity contribution >= 4 is 6.29 Å². The molecule has 66 valence electrons. The summed E-state index contributed by atoms with van der Waals surface area (Å²) in [5, 5.41) is 0. The number of hydrogen-bond acceptors (Lipinski definition) is 2. The number of aldehydes is 1. The molecule has 3 nitrogen and oxygen atoms in total. The van der Waals surface area contributed by atoms with E-state index < -0.39 is 0 Å². The van der Waals surface area contributed by atoms with E-state index in [9.17, 15) is 4.79 Å². The summed E-state index contributed by atoms with van der Waals surface area (Å²) in [6.45, 7) is 3.98. The van der Waals surface area contributed by atoms with Crippen LogP contribution < -0.4 is 0 Å². The number of aromatic nitrogens is 2. The third-order valence-electron chi connectivity index (χ3n) is 1.86. The van der Waals surface area contributed by atoms with Crippen LogP contribution in [-0.2, 0) is 6.42 Å². The van der Waals surface area contributed by atoms with Crippen molar-refractivity contribution in [3.8, 4) is 0 Å². The van der Waals surface area contributed by atoms with Crippen molar-refractivity contribution in [3.63, 3.8) is 0 Å². The van der Waals surface area contributed by atoms with Crippen molar-refractivity contribution in [1.29, 1.82) is 0 Å². The molecular weight excluding hydrogens is 152 g/mol. The second-order valence-corrected chi connectivity index (χ2v) is 2.90. The zero-order valence-electron chi connectivity index (χ0n) is 7.55. The second-order valence-electron chi connectivity index (χ2n) is 2.90. The van der Waals surface area contributed by atoms with Crippen molar-refractivity contribution in [1.82, 2.24) is 9.97 Å². The number of carbonyl (C=O) groups is 1. The smallest absolute Gasteiger partial charge is 0.168 e. The van der Waals surface area contributed by atoms with E-state index in [-0.39, 0.29) is 0 Å². The van der Waals surface area contributed by atoms with Crippen molar-refractivity contribution in [2.24, 2.45) is 0 Å². The molecule has 0 aliphatic heterocycles. The number of nitrogens with zero attached hydrogens (tertiary/aromatic N) is 1. The highest BCUT2D eigenvalue weighted by Gasteiger charge is 2.03. The lowest BCUT2D eigenvalue weighted by Crippen LogP contribution is -1.87.